The number of aromatic nitrogens is 4. The van der Waals surface area contributed by atoms with Gasteiger partial charge in [0.05, 0.1) is 38.2 Å². The monoisotopic (exact) mass is 473 g/mol. The number of ether oxygens (including phenoxy) is 3. The zero-order chi connectivity index (χ0) is 22.3. The summed E-state index contributed by atoms with van der Waals surface area (Å²) in [6.45, 7) is 3.11. The van der Waals surface area contributed by atoms with Crippen LogP contribution in [0.3, 0.4) is 0 Å². The van der Waals surface area contributed by atoms with Gasteiger partial charge in [-0.3, -0.25) is 15.1 Å². The second-order valence-corrected chi connectivity index (χ2v) is 9.36. The molecule has 11 heteroatoms. The first kappa shape index (κ1) is 21.0. The van der Waals surface area contributed by atoms with E-state index < -0.39 is 0 Å². The highest BCUT2D eigenvalue weighted by Crippen LogP contribution is 2.50. The number of anilines is 1. The van der Waals surface area contributed by atoms with E-state index in [-0.39, 0.29) is 16.5 Å². The van der Waals surface area contributed by atoms with Crippen molar-refractivity contribution in [3.8, 4) is 22.1 Å². The Hall–Kier alpha value is -2.82. The van der Waals surface area contributed by atoms with E-state index in [1.165, 1.54) is 30.8 Å². The Morgan fingerprint density at radius 1 is 1.28 bits per heavy atom. The average molecular weight is 474 g/mol. The third-order valence-electron chi connectivity index (χ3n) is 5.70. The lowest BCUT2D eigenvalue weighted by molar-refractivity contribution is 0.0818. The molecule has 3 aromatic heterocycles. The number of hydrogen-bond donors (Lipinski definition) is 1. The normalized spacial score (nSPS) is 21.2. The molecule has 0 spiro atoms. The second kappa shape index (κ2) is 8.27. The largest absolute Gasteiger partial charge is 0.494 e. The third-order valence-corrected chi connectivity index (χ3v) is 6.66. The van der Waals surface area contributed by atoms with Crippen molar-refractivity contribution in [3.63, 3.8) is 0 Å². The summed E-state index contributed by atoms with van der Waals surface area (Å²) in [6, 6.07) is 3.45. The first-order chi connectivity index (χ1) is 15.4. The van der Waals surface area contributed by atoms with E-state index in [0.29, 0.717) is 45.5 Å². The number of methoxy groups -OCH3 is 1. The fourth-order valence-corrected chi connectivity index (χ4v) is 4.80. The summed E-state index contributed by atoms with van der Waals surface area (Å²) in [6.07, 6.45) is 5.47. The maximum atomic E-state index is 13.1. The number of pyridine rings is 2. The minimum absolute atomic E-state index is 0.104. The van der Waals surface area contributed by atoms with Crippen molar-refractivity contribution in [1.82, 2.24) is 20.2 Å². The summed E-state index contributed by atoms with van der Waals surface area (Å²) in [5.41, 5.74) is 2.45. The molecule has 1 saturated carbocycles. The molecular formula is C21H20ClN5O4S. The lowest BCUT2D eigenvalue weighted by Gasteiger charge is -2.34. The Bertz CT molecular complexity index is 1180. The highest BCUT2D eigenvalue weighted by atomic mass is 35.5. The molecule has 6 rings (SSSR count). The number of aryl methyl sites for hydroxylation is 1. The fourth-order valence-electron chi connectivity index (χ4n) is 4.05. The number of carbonyl (C=O) groups is 1. The quantitative estimate of drug-likeness (QED) is 0.516. The minimum Gasteiger partial charge on any atom is -0.494 e. The predicted octanol–water partition coefficient (Wildman–Crippen LogP) is 3.78. The van der Waals surface area contributed by atoms with Gasteiger partial charge in [-0.2, -0.15) is 0 Å². The van der Waals surface area contributed by atoms with E-state index in [1.54, 1.807) is 12.1 Å². The van der Waals surface area contributed by atoms with Crippen LogP contribution in [0, 0.1) is 12.3 Å². The number of carbonyl (C=O) groups excluding carboxylic acids is 1. The highest BCUT2D eigenvalue weighted by molar-refractivity contribution is 7.17. The Kier molecular flexibility index (Phi) is 5.44. The summed E-state index contributed by atoms with van der Waals surface area (Å²) in [7, 11) is 1.53. The summed E-state index contributed by atoms with van der Waals surface area (Å²) in [5, 5.41) is 11.9. The molecule has 0 radical (unpaired) electrons. The first-order valence-electron chi connectivity index (χ1n) is 10.0. The molecule has 5 heterocycles. The van der Waals surface area contributed by atoms with Crippen molar-refractivity contribution in [2.75, 3.05) is 25.6 Å². The zero-order valence-corrected chi connectivity index (χ0v) is 19.0. The van der Waals surface area contributed by atoms with E-state index >= 15 is 0 Å². The van der Waals surface area contributed by atoms with Crippen molar-refractivity contribution in [2.24, 2.45) is 5.41 Å². The van der Waals surface area contributed by atoms with Gasteiger partial charge in [-0.1, -0.05) is 16.7 Å². The SMILES string of the molecule is COc1cnc(Cl)cc1-c1cc(C)ncc1C(=O)Nc1nnc(OCC23COC(C2)C3)s1. The first-order valence-corrected chi connectivity index (χ1v) is 11.2. The molecule has 0 aromatic carbocycles. The lowest BCUT2D eigenvalue weighted by Crippen LogP contribution is -2.38. The summed E-state index contributed by atoms with van der Waals surface area (Å²) < 4.78 is 16.8. The molecule has 2 aliphatic heterocycles. The maximum absolute atomic E-state index is 13.1. The number of rotatable bonds is 7. The Morgan fingerprint density at radius 3 is 2.88 bits per heavy atom. The van der Waals surface area contributed by atoms with Crippen LogP contribution in [-0.2, 0) is 4.74 Å². The van der Waals surface area contributed by atoms with E-state index in [1.807, 2.05) is 6.92 Å². The van der Waals surface area contributed by atoms with Crippen LogP contribution >= 0.6 is 22.9 Å². The van der Waals surface area contributed by atoms with Gasteiger partial charge in [0.15, 0.2) is 0 Å². The number of nitrogens with zero attached hydrogens (tertiary/aromatic N) is 4. The standard InChI is InChI=1S/C21H20ClN5O4S/c1-11-3-13(14-4-17(22)24-8-16(14)29-2)15(7-23-11)18(28)25-19-26-27-20(32-19)31-10-21-5-12(6-21)30-9-21/h3-4,7-8,12H,5-6,9-10H2,1-2H3,(H,25,26,28). The molecule has 2 bridgehead atoms. The van der Waals surface area contributed by atoms with Gasteiger partial charge in [-0.05, 0) is 43.2 Å². The molecule has 166 valence electrons. The van der Waals surface area contributed by atoms with Gasteiger partial charge in [0.2, 0.25) is 5.13 Å². The number of hydrogen-bond acceptors (Lipinski definition) is 9. The number of nitrogens with one attached hydrogen (secondary N) is 1. The van der Waals surface area contributed by atoms with E-state index in [0.717, 1.165) is 25.1 Å². The Labute approximate surface area is 193 Å². The van der Waals surface area contributed by atoms with Crippen LogP contribution in [0.4, 0.5) is 5.13 Å². The summed E-state index contributed by atoms with van der Waals surface area (Å²) in [4.78, 5) is 21.4. The van der Waals surface area contributed by atoms with Gasteiger partial charge < -0.3 is 14.2 Å². The molecule has 1 amide bonds. The van der Waals surface area contributed by atoms with Crippen molar-refractivity contribution < 1.29 is 19.0 Å². The lowest BCUT2D eigenvalue weighted by atomic mass is 9.71. The molecule has 3 aromatic rings. The second-order valence-electron chi connectivity index (χ2n) is 8.04. The van der Waals surface area contributed by atoms with Crippen LogP contribution in [0.25, 0.3) is 11.1 Å². The smallest absolute Gasteiger partial charge is 0.295 e. The van der Waals surface area contributed by atoms with Gasteiger partial charge in [-0.25, -0.2) is 4.98 Å². The molecule has 3 aliphatic rings. The van der Waals surface area contributed by atoms with Crippen LogP contribution < -0.4 is 14.8 Å². The molecule has 3 fully saturated rings. The number of fused-ring (bicyclic) bond motifs is 1. The van der Waals surface area contributed by atoms with Crippen LogP contribution in [0.2, 0.25) is 5.15 Å². The maximum Gasteiger partial charge on any atom is 0.295 e. The van der Waals surface area contributed by atoms with Crippen molar-refractivity contribution >= 4 is 34.0 Å². The zero-order valence-electron chi connectivity index (χ0n) is 17.4. The van der Waals surface area contributed by atoms with E-state index in [9.17, 15) is 4.79 Å². The molecule has 9 nitrogen and oxygen atoms in total. The van der Waals surface area contributed by atoms with Crippen LogP contribution in [0.1, 0.15) is 28.9 Å². The minimum atomic E-state index is -0.380. The van der Waals surface area contributed by atoms with Gasteiger partial charge in [0, 0.05) is 28.4 Å². The Morgan fingerprint density at radius 2 is 2.12 bits per heavy atom. The van der Waals surface area contributed by atoms with Crippen molar-refractivity contribution in [3.05, 3.63) is 40.9 Å². The average Bonchev–Trinajstić information content (AvgIpc) is 3.48. The van der Waals surface area contributed by atoms with Gasteiger partial charge in [0.25, 0.3) is 11.1 Å². The predicted molar refractivity (Wildman–Crippen MR) is 119 cm³/mol. The highest BCUT2D eigenvalue weighted by Gasteiger charge is 2.52. The third kappa shape index (κ3) is 4.01. The summed E-state index contributed by atoms with van der Waals surface area (Å²) in [5.74, 6) is 0.115. The topological polar surface area (TPSA) is 108 Å². The number of halogens is 1. The Balaban J connectivity index is 1.34. The molecule has 0 unspecified atom stereocenters. The fraction of sp³-hybridized carbons (Fsp3) is 0.381. The molecule has 0 atom stereocenters. The van der Waals surface area contributed by atoms with Crippen molar-refractivity contribution in [1.29, 1.82) is 0 Å². The van der Waals surface area contributed by atoms with E-state index in [2.05, 4.69) is 25.5 Å². The molecule has 32 heavy (non-hydrogen) atoms. The van der Waals surface area contributed by atoms with Crippen molar-refractivity contribution in [2.45, 2.75) is 25.9 Å². The number of amides is 1. The molecule has 1 aliphatic carbocycles. The van der Waals surface area contributed by atoms with E-state index in [4.69, 9.17) is 25.8 Å². The molecule has 2 saturated heterocycles. The van der Waals surface area contributed by atoms with Crippen LogP contribution in [0.15, 0.2) is 24.5 Å². The van der Waals surface area contributed by atoms with Gasteiger partial charge in [0.1, 0.15) is 10.9 Å². The van der Waals surface area contributed by atoms with Gasteiger partial charge in [-0.15, -0.1) is 5.10 Å². The van der Waals surface area contributed by atoms with Crippen LogP contribution in [0.5, 0.6) is 10.9 Å². The van der Waals surface area contributed by atoms with Crippen LogP contribution in [-0.4, -0.2) is 52.5 Å². The van der Waals surface area contributed by atoms with Gasteiger partial charge >= 0.3 is 0 Å². The summed E-state index contributed by atoms with van der Waals surface area (Å²) >= 11 is 7.27. The molecular weight excluding hydrogens is 454 g/mol. The molecule has 1 N–H and O–H groups in total.